The van der Waals surface area contributed by atoms with Crippen molar-refractivity contribution in [1.29, 1.82) is 0 Å². The van der Waals surface area contributed by atoms with Crippen LogP contribution in [-0.4, -0.2) is 13.1 Å². The molecule has 0 saturated heterocycles. The van der Waals surface area contributed by atoms with Gasteiger partial charge in [0.05, 0.1) is 0 Å². The Labute approximate surface area is 120 Å². The SMILES string of the molecule is CCNCC1CCCCCC1C1CCCC(CC)C1. The van der Waals surface area contributed by atoms with Crippen molar-refractivity contribution >= 4 is 0 Å². The van der Waals surface area contributed by atoms with Gasteiger partial charge in [-0.1, -0.05) is 58.8 Å². The first-order valence-electron chi connectivity index (χ1n) is 9.05. The zero-order valence-electron chi connectivity index (χ0n) is 13.3. The minimum absolute atomic E-state index is 0.975. The third-order valence-electron chi connectivity index (χ3n) is 5.88. The summed E-state index contributed by atoms with van der Waals surface area (Å²) in [4.78, 5) is 0. The summed E-state index contributed by atoms with van der Waals surface area (Å²) in [6.07, 6.45) is 15.0. The van der Waals surface area contributed by atoms with E-state index in [1.807, 2.05) is 0 Å². The molecule has 0 spiro atoms. The fourth-order valence-electron chi connectivity index (χ4n) is 4.71. The molecule has 4 unspecified atom stereocenters. The standard InChI is InChI=1S/C18H35N/c1-3-15-9-8-11-16(13-15)18-12-7-5-6-10-17(18)14-19-4-2/h15-19H,3-14H2,1-2H3. The first-order valence-corrected chi connectivity index (χ1v) is 9.05. The van der Waals surface area contributed by atoms with Crippen LogP contribution in [0.1, 0.15) is 78.1 Å². The van der Waals surface area contributed by atoms with Crippen molar-refractivity contribution < 1.29 is 0 Å². The van der Waals surface area contributed by atoms with E-state index in [0.717, 1.165) is 30.2 Å². The largest absolute Gasteiger partial charge is 0.317 e. The fraction of sp³-hybridized carbons (Fsp3) is 1.00. The van der Waals surface area contributed by atoms with Crippen molar-refractivity contribution in [2.45, 2.75) is 78.1 Å². The van der Waals surface area contributed by atoms with Gasteiger partial charge in [-0.15, -0.1) is 0 Å². The van der Waals surface area contributed by atoms with E-state index in [9.17, 15) is 0 Å². The summed E-state index contributed by atoms with van der Waals surface area (Å²) in [5, 5.41) is 3.64. The lowest BCUT2D eigenvalue weighted by Crippen LogP contribution is -2.33. The quantitative estimate of drug-likeness (QED) is 0.689. The highest BCUT2D eigenvalue weighted by atomic mass is 14.8. The number of hydrogen-bond acceptors (Lipinski definition) is 1. The predicted molar refractivity (Wildman–Crippen MR) is 84.3 cm³/mol. The second-order valence-electron chi connectivity index (χ2n) is 7.07. The Hall–Kier alpha value is -0.0400. The molecular formula is C18H35N. The van der Waals surface area contributed by atoms with Gasteiger partial charge in [-0.05, 0) is 56.0 Å². The maximum absolute atomic E-state index is 3.64. The average molecular weight is 265 g/mol. The first kappa shape index (κ1) is 15.4. The third kappa shape index (κ3) is 4.48. The maximum atomic E-state index is 3.64. The summed E-state index contributed by atoms with van der Waals surface area (Å²) in [7, 11) is 0. The van der Waals surface area contributed by atoms with Gasteiger partial charge in [0.25, 0.3) is 0 Å². The number of rotatable bonds is 5. The van der Waals surface area contributed by atoms with Gasteiger partial charge in [0.1, 0.15) is 0 Å². The molecule has 1 heteroatoms. The van der Waals surface area contributed by atoms with Crippen molar-refractivity contribution in [2.75, 3.05) is 13.1 Å². The second kappa shape index (κ2) is 8.29. The van der Waals surface area contributed by atoms with E-state index in [1.54, 1.807) is 6.42 Å². The smallest absolute Gasteiger partial charge is 0.00179 e. The Bertz CT molecular complexity index is 238. The minimum Gasteiger partial charge on any atom is -0.317 e. The van der Waals surface area contributed by atoms with Gasteiger partial charge >= 0.3 is 0 Å². The van der Waals surface area contributed by atoms with Crippen LogP contribution in [0.2, 0.25) is 0 Å². The molecule has 2 aliphatic rings. The molecule has 0 heterocycles. The number of nitrogens with one attached hydrogen (secondary N) is 1. The van der Waals surface area contributed by atoms with Gasteiger partial charge < -0.3 is 5.32 Å². The molecule has 1 nitrogen and oxygen atoms in total. The van der Waals surface area contributed by atoms with Crippen molar-refractivity contribution in [1.82, 2.24) is 5.32 Å². The Morgan fingerprint density at radius 1 is 0.895 bits per heavy atom. The topological polar surface area (TPSA) is 12.0 Å². The van der Waals surface area contributed by atoms with Crippen LogP contribution in [0.3, 0.4) is 0 Å². The van der Waals surface area contributed by atoms with E-state index in [0.29, 0.717) is 0 Å². The van der Waals surface area contributed by atoms with Gasteiger partial charge in [0.2, 0.25) is 0 Å². The van der Waals surface area contributed by atoms with E-state index in [-0.39, 0.29) is 0 Å². The normalized spacial score (nSPS) is 36.9. The molecular weight excluding hydrogens is 230 g/mol. The molecule has 0 aliphatic heterocycles. The maximum Gasteiger partial charge on any atom is -0.00179 e. The van der Waals surface area contributed by atoms with Crippen LogP contribution in [0.25, 0.3) is 0 Å². The van der Waals surface area contributed by atoms with Gasteiger partial charge in [0.15, 0.2) is 0 Å². The van der Waals surface area contributed by atoms with E-state index in [1.165, 1.54) is 64.3 Å². The van der Waals surface area contributed by atoms with Crippen LogP contribution in [0.15, 0.2) is 0 Å². The molecule has 0 aromatic rings. The summed E-state index contributed by atoms with van der Waals surface area (Å²) in [5.74, 6) is 4.11. The molecule has 4 atom stereocenters. The fourth-order valence-corrected chi connectivity index (χ4v) is 4.71. The van der Waals surface area contributed by atoms with Crippen LogP contribution in [-0.2, 0) is 0 Å². The molecule has 0 aromatic carbocycles. The Kier molecular flexibility index (Phi) is 6.70. The van der Waals surface area contributed by atoms with Gasteiger partial charge in [0, 0.05) is 0 Å². The summed E-state index contributed by atoms with van der Waals surface area (Å²) < 4.78 is 0. The molecule has 1 N–H and O–H groups in total. The highest BCUT2D eigenvalue weighted by Crippen LogP contribution is 2.42. The third-order valence-corrected chi connectivity index (χ3v) is 5.88. The first-order chi connectivity index (χ1) is 9.35. The minimum atomic E-state index is 0.975. The summed E-state index contributed by atoms with van der Waals surface area (Å²) >= 11 is 0. The molecule has 19 heavy (non-hydrogen) atoms. The predicted octanol–water partition coefficient (Wildman–Crippen LogP) is 5.01. The van der Waals surface area contributed by atoms with Crippen LogP contribution in [0.5, 0.6) is 0 Å². The zero-order chi connectivity index (χ0) is 13.5. The molecule has 2 aliphatic carbocycles. The summed E-state index contributed by atoms with van der Waals surface area (Å²) in [6.45, 7) is 7.08. The van der Waals surface area contributed by atoms with Gasteiger partial charge in [-0.2, -0.15) is 0 Å². The lowest BCUT2D eigenvalue weighted by molar-refractivity contribution is 0.133. The van der Waals surface area contributed by atoms with Crippen molar-refractivity contribution in [3.8, 4) is 0 Å². The zero-order valence-corrected chi connectivity index (χ0v) is 13.3. The monoisotopic (exact) mass is 265 g/mol. The average Bonchev–Trinajstić information content (AvgIpc) is 2.70. The highest BCUT2D eigenvalue weighted by Gasteiger charge is 2.33. The Morgan fingerprint density at radius 2 is 1.74 bits per heavy atom. The lowest BCUT2D eigenvalue weighted by Gasteiger charge is -2.38. The molecule has 0 amide bonds. The van der Waals surface area contributed by atoms with Gasteiger partial charge in [-0.25, -0.2) is 0 Å². The van der Waals surface area contributed by atoms with E-state index in [2.05, 4.69) is 19.2 Å². The van der Waals surface area contributed by atoms with E-state index >= 15 is 0 Å². The molecule has 112 valence electrons. The Morgan fingerprint density at radius 3 is 2.53 bits per heavy atom. The second-order valence-corrected chi connectivity index (χ2v) is 7.07. The highest BCUT2D eigenvalue weighted by molar-refractivity contribution is 4.84. The van der Waals surface area contributed by atoms with E-state index in [4.69, 9.17) is 0 Å². The van der Waals surface area contributed by atoms with Gasteiger partial charge in [-0.3, -0.25) is 0 Å². The van der Waals surface area contributed by atoms with Crippen molar-refractivity contribution in [3.05, 3.63) is 0 Å². The molecule has 2 saturated carbocycles. The molecule has 2 rings (SSSR count). The molecule has 2 fully saturated rings. The Balaban J connectivity index is 1.95. The van der Waals surface area contributed by atoms with Crippen LogP contribution in [0.4, 0.5) is 0 Å². The summed E-state index contributed by atoms with van der Waals surface area (Å²) in [6, 6.07) is 0. The van der Waals surface area contributed by atoms with Crippen molar-refractivity contribution in [3.63, 3.8) is 0 Å². The van der Waals surface area contributed by atoms with Crippen LogP contribution < -0.4 is 5.32 Å². The molecule has 0 aromatic heterocycles. The van der Waals surface area contributed by atoms with Crippen LogP contribution in [0, 0.1) is 23.7 Å². The summed E-state index contributed by atoms with van der Waals surface area (Å²) in [5.41, 5.74) is 0. The van der Waals surface area contributed by atoms with E-state index < -0.39 is 0 Å². The van der Waals surface area contributed by atoms with Crippen LogP contribution >= 0.6 is 0 Å². The lowest BCUT2D eigenvalue weighted by atomic mass is 9.69. The molecule has 0 bridgehead atoms. The number of hydrogen-bond donors (Lipinski definition) is 1. The molecule has 0 radical (unpaired) electrons. The van der Waals surface area contributed by atoms with Crippen molar-refractivity contribution in [2.24, 2.45) is 23.7 Å².